The number of ether oxygens (including phenoxy) is 2. The van der Waals surface area contributed by atoms with Crippen LogP contribution in [0.1, 0.15) is 5.01 Å². The minimum absolute atomic E-state index is 0.284. The minimum Gasteiger partial charge on any atom is -0.454 e. The molecule has 1 aliphatic heterocycles. The van der Waals surface area contributed by atoms with Crippen molar-refractivity contribution in [2.24, 2.45) is 0 Å². The number of hydrogen-bond donors (Lipinski definition) is 1. The van der Waals surface area contributed by atoms with E-state index in [-0.39, 0.29) is 6.79 Å². The van der Waals surface area contributed by atoms with Crippen molar-refractivity contribution in [1.82, 2.24) is 9.97 Å². The zero-order valence-corrected chi connectivity index (χ0v) is 13.8. The summed E-state index contributed by atoms with van der Waals surface area (Å²) in [6.45, 7) is 2.31. The number of benzene rings is 2. The van der Waals surface area contributed by atoms with E-state index in [0.29, 0.717) is 0 Å². The number of aromatic nitrogens is 2. The van der Waals surface area contributed by atoms with Gasteiger partial charge in [0.15, 0.2) is 16.6 Å². The standard InChI is InChI=1S/C16H11N3O2S2/c1-8-17-10-3-2-9(4-14(10)22-8)18-16-19-11-5-12-13(21-7-20-12)6-15(11)23-16/h2-6H,7H2,1H3,(H,18,19). The van der Waals surface area contributed by atoms with Crippen LogP contribution in [-0.4, -0.2) is 16.8 Å². The minimum atomic E-state index is 0.284. The summed E-state index contributed by atoms with van der Waals surface area (Å²) in [4.78, 5) is 9.11. The first-order valence-corrected chi connectivity index (χ1v) is 8.72. The van der Waals surface area contributed by atoms with Crippen molar-refractivity contribution in [2.45, 2.75) is 6.92 Å². The van der Waals surface area contributed by atoms with Gasteiger partial charge in [0.1, 0.15) is 0 Å². The maximum Gasteiger partial charge on any atom is 0.231 e. The summed E-state index contributed by atoms with van der Waals surface area (Å²) in [7, 11) is 0. The first kappa shape index (κ1) is 13.1. The predicted octanol–water partition coefficient (Wildman–Crippen LogP) is 4.69. The lowest BCUT2D eigenvalue weighted by atomic mass is 10.3. The van der Waals surface area contributed by atoms with Gasteiger partial charge in [-0.1, -0.05) is 11.3 Å². The van der Waals surface area contributed by atoms with Gasteiger partial charge >= 0.3 is 0 Å². The molecule has 7 heteroatoms. The largest absolute Gasteiger partial charge is 0.454 e. The van der Waals surface area contributed by atoms with Gasteiger partial charge in [0.05, 0.1) is 25.4 Å². The van der Waals surface area contributed by atoms with Gasteiger partial charge in [0.2, 0.25) is 6.79 Å². The van der Waals surface area contributed by atoms with E-state index in [4.69, 9.17) is 9.47 Å². The third-order valence-electron chi connectivity index (χ3n) is 3.63. The molecular weight excluding hydrogens is 330 g/mol. The fraction of sp³-hybridized carbons (Fsp3) is 0.125. The highest BCUT2D eigenvalue weighted by Crippen LogP contribution is 2.39. The number of thiazole rings is 2. The second-order valence-corrected chi connectivity index (χ2v) is 7.50. The molecule has 5 nitrogen and oxygen atoms in total. The average molecular weight is 341 g/mol. The quantitative estimate of drug-likeness (QED) is 0.573. The Morgan fingerprint density at radius 2 is 1.78 bits per heavy atom. The van der Waals surface area contributed by atoms with Crippen LogP contribution >= 0.6 is 22.7 Å². The van der Waals surface area contributed by atoms with Crippen molar-refractivity contribution in [3.8, 4) is 11.5 Å². The molecule has 1 aliphatic rings. The highest BCUT2D eigenvalue weighted by Gasteiger charge is 2.16. The Balaban J connectivity index is 1.52. The predicted molar refractivity (Wildman–Crippen MR) is 93.4 cm³/mol. The van der Waals surface area contributed by atoms with Crippen molar-refractivity contribution >= 4 is 53.9 Å². The molecule has 0 amide bonds. The summed E-state index contributed by atoms with van der Waals surface area (Å²) in [5.74, 6) is 1.55. The van der Waals surface area contributed by atoms with Gasteiger partial charge in [-0.25, -0.2) is 9.97 Å². The maximum atomic E-state index is 5.42. The third kappa shape index (κ3) is 2.20. The van der Waals surface area contributed by atoms with Gasteiger partial charge in [-0.05, 0) is 25.1 Å². The number of aryl methyl sites for hydroxylation is 1. The van der Waals surface area contributed by atoms with E-state index in [2.05, 4.69) is 21.4 Å². The number of nitrogens with one attached hydrogen (secondary N) is 1. The Bertz CT molecular complexity index is 1010. The topological polar surface area (TPSA) is 56.3 Å². The zero-order valence-electron chi connectivity index (χ0n) is 12.1. The van der Waals surface area contributed by atoms with E-state index in [1.165, 1.54) is 4.70 Å². The lowest BCUT2D eigenvalue weighted by Gasteiger charge is -2.01. The van der Waals surface area contributed by atoms with Gasteiger partial charge in [0.25, 0.3) is 0 Å². The molecule has 0 aliphatic carbocycles. The summed E-state index contributed by atoms with van der Waals surface area (Å²) >= 11 is 3.29. The van der Waals surface area contributed by atoms with E-state index >= 15 is 0 Å². The van der Waals surface area contributed by atoms with Crippen molar-refractivity contribution in [3.63, 3.8) is 0 Å². The van der Waals surface area contributed by atoms with Crippen LogP contribution in [0.5, 0.6) is 11.5 Å². The highest BCUT2D eigenvalue weighted by atomic mass is 32.1. The molecule has 2 aromatic carbocycles. The Morgan fingerprint density at radius 1 is 0.957 bits per heavy atom. The zero-order chi connectivity index (χ0) is 15.4. The van der Waals surface area contributed by atoms with Crippen LogP contribution in [0.25, 0.3) is 20.4 Å². The summed E-state index contributed by atoms with van der Waals surface area (Å²) in [6.07, 6.45) is 0. The molecule has 0 saturated carbocycles. The number of hydrogen-bond acceptors (Lipinski definition) is 7. The van der Waals surface area contributed by atoms with Crippen molar-refractivity contribution < 1.29 is 9.47 Å². The van der Waals surface area contributed by atoms with Crippen molar-refractivity contribution in [1.29, 1.82) is 0 Å². The van der Waals surface area contributed by atoms with E-state index < -0.39 is 0 Å². The SMILES string of the molecule is Cc1nc2ccc(Nc3nc4cc5c(cc4s3)OCO5)cc2s1. The Kier molecular flexibility index (Phi) is 2.74. The van der Waals surface area contributed by atoms with Crippen LogP contribution in [0.2, 0.25) is 0 Å². The molecule has 0 atom stereocenters. The van der Waals surface area contributed by atoms with Gasteiger partial charge in [-0.2, -0.15) is 0 Å². The molecule has 0 radical (unpaired) electrons. The molecule has 114 valence electrons. The Morgan fingerprint density at radius 3 is 2.70 bits per heavy atom. The molecule has 0 bridgehead atoms. The molecule has 5 rings (SSSR count). The Labute approximate surface area is 139 Å². The van der Waals surface area contributed by atoms with E-state index in [1.54, 1.807) is 22.7 Å². The van der Waals surface area contributed by atoms with E-state index in [1.807, 2.05) is 31.2 Å². The van der Waals surface area contributed by atoms with Gasteiger partial charge in [-0.15, -0.1) is 11.3 Å². The number of anilines is 2. The molecule has 4 aromatic rings. The molecule has 0 unspecified atom stereocenters. The number of fused-ring (bicyclic) bond motifs is 3. The monoisotopic (exact) mass is 341 g/mol. The molecule has 3 heterocycles. The van der Waals surface area contributed by atoms with Crippen molar-refractivity contribution in [3.05, 3.63) is 35.3 Å². The average Bonchev–Trinajstić information content (AvgIpc) is 3.20. The normalized spacial score (nSPS) is 13.1. The van der Waals surface area contributed by atoms with Gasteiger partial charge < -0.3 is 14.8 Å². The first-order chi connectivity index (χ1) is 11.2. The second kappa shape index (κ2) is 4.81. The lowest BCUT2D eigenvalue weighted by molar-refractivity contribution is 0.174. The van der Waals surface area contributed by atoms with Gasteiger partial charge in [-0.3, -0.25) is 0 Å². The first-order valence-electron chi connectivity index (χ1n) is 7.09. The summed E-state index contributed by atoms with van der Waals surface area (Å²) < 4.78 is 13.1. The van der Waals surface area contributed by atoms with Crippen LogP contribution in [-0.2, 0) is 0 Å². The Hall–Kier alpha value is -2.38. The van der Waals surface area contributed by atoms with Crippen LogP contribution < -0.4 is 14.8 Å². The van der Waals surface area contributed by atoms with Crippen molar-refractivity contribution in [2.75, 3.05) is 12.1 Å². The summed E-state index contributed by atoms with van der Waals surface area (Å²) in [5, 5.41) is 5.30. The fourth-order valence-corrected chi connectivity index (χ4v) is 4.38. The smallest absolute Gasteiger partial charge is 0.231 e. The molecule has 0 fully saturated rings. The third-order valence-corrected chi connectivity index (χ3v) is 5.50. The maximum absolute atomic E-state index is 5.42. The van der Waals surface area contributed by atoms with E-state index in [0.717, 1.165) is 43.1 Å². The lowest BCUT2D eigenvalue weighted by Crippen LogP contribution is -1.92. The van der Waals surface area contributed by atoms with Crippen LogP contribution in [0.3, 0.4) is 0 Å². The molecule has 1 N–H and O–H groups in total. The number of nitrogens with zero attached hydrogens (tertiary/aromatic N) is 2. The molecule has 23 heavy (non-hydrogen) atoms. The van der Waals surface area contributed by atoms with Crippen LogP contribution in [0.4, 0.5) is 10.8 Å². The van der Waals surface area contributed by atoms with Crippen LogP contribution in [0, 0.1) is 6.92 Å². The molecule has 0 saturated heterocycles. The van der Waals surface area contributed by atoms with Crippen LogP contribution in [0.15, 0.2) is 30.3 Å². The molecular formula is C16H11N3O2S2. The highest BCUT2D eigenvalue weighted by molar-refractivity contribution is 7.22. The van der Waals surface area contributed by atoms with Gasteiger partial charge in [0, 0.05) is 17.8 Å². The fourth-order valence-electron chi connectivity index (χ4n) is 2.61. The molecule has 2 aromatic heterocycles. The summed E-state index contributed by atoms with van der Waals surface area (Å²) in [5.41, 5.74) is 2.96. The second-order valence-electron chi connectivity index (χ2n) is 5.23. The molecule has 0 spiro atoms. The number of rotatable bonds is 2. The van der Waals surface area contributed by atoms with E-state index in [9.17, 15) is 0 Å². The summed E-state index contributed by atoms with van der Waals surface area (Å²) in [6, 6.07) is 10.1.